The minimum atomic E-state index is -0.294. The Bertz CT molecular complexity index is 1470. The maximum Gasteiger partial charge on any atom is 0.279 e. The van der Waals surface area contributed by atoms with Crippen molar-refractivity contribution in [1.82, 2.24) is 14.8 Å². The van der Waals surface area contributed by atoms with Crippen LogP contribution in [0.5, 0.6) is 0 Å². The van der Waals surface area contributed by atoms with Crippen LogP contribution in [-0.2, 0) is 0 Å². The van der Waals surface area contributed by atoms with Gasteiger partial charge >= 0.3 is 0 Å². The van der Waals surface area contributed by atoms with E-state index in [1.54, 1.807) is 30.5 Å². The van der Waals surface area contributed by atoms with Gasteiger partial charge in [-0.1, -0.05) is 47.5 Å². The molecule has 2 aromatic heterocycles. The molecule has 31 heavy (non-hydrogen) atoms. The summed E-state index contributed by atoms with van der Waals surface area (Å²) in [6.45, 7) is 1.99. The lowest BCUT2D eigenvalue weighted by molar-refractivity contribution is 0.572. The number of oxazole rings is 1. The number of aromatic nitrogens is 3. The van der Waals surface area contributed by atoms with Crippen molar-refractivity contribution < 1.29 is 4.42 Å². The average molecular weight is 448 g/mol. The number of nitrogens with zero attached hydrogens (tertiary/aromatic N) is 3. The van der Waals surface area contributed by atoms with Crippen LogP contribution in [-0.4, -0.2) is 14.8 Å². The maximum atomic E-state index is 13.3. The highest BCUT2D eigenvalue weighted by molar-refractivity contribution is 6.37. The fourth-order valence-corrected chi connectivity index (χ4v) is 4.22. The first-order valence-corrected chi connectivity index (χ1v) is 10.3. The van der Waals surface area contributed by atoms with E-state index in [1.807, 2.05) is 43.3 Å². The molecule has 0 spiro atoms. The highest BCUT2D eigenvalue weighted by atomic mass is 35.5. The lowest BCUT2D eigenvalue weighted by Gasteiger charge is -2.14. The Balaban J connectivity index is 1.85. The summed E-state index contributed by atoms with van der Waals surface area (Å²) in [6, 6.07) is 18.4. The van der Waals surface area contributed by atoms with E-state index in [2.05, 4.69) is 4.98 Å². The van der Waals surface area contributed by atoms with E-state index in [0.29, 0.717) is 32.6 Å². The van der Waals surface area contributed by atoms with Gasteiger partial charge in [-0.05, 0) is 48.9 Å². The number of benzene rings is 3. The molecule has 0 aliphatic heterocycles. The Labute approximate surface area is 187 Å². The molecule has 0 fully saturated rings. The van der Waals surface area contributed by atoms with Gasteiger partial charge in [0.15, 0.2) is 12.2 Å². The molecule has 152 valence electrons. The topological polar surface area (TPSA) is 60.9 Å². The molecule has 0 aliphatic rings. The molecule has 0 radical (unpaired) electrons. The lowest BCUT2D eigenvalue weighted by Crippen LogP contribution is -2.23. The van der Waals surface area contributed by atoms with Crippen LogP contribution in [0.4, 0.5) is 0 Å². The van der Waals surface area contributed by atoms with Gasteiger partial charge in [0.2, 0.25) is 0 Å². The molecular formula is C24H15Cl2N3O2. The molecule has 0 N–H and O–H groups in total. The number of para-hydroxylation sites is 1. The van der Waals surface area contributed by atoms with Gasteiger partial charge in [-0.2, -0.15) is 9.78 Å². The zero-order valence-electron chi connectivity index (χ0n) is 16.3. The third-order valence-electron chi connectivity index (χ3n) is 5.02. The highest BCUT2D eigenvalue weighted by Crippen LogP contribution is 2.32. The first-order chi connectivity index (χ1) is 15.0. The Hall–Kier alpha value is -3.41. The summed E-state index contributed by atoms with van der Waals surface area (Å²) in [5, 5.41) is 6.66. The summed E-state index contributed by atoms with van der Waals surface area (Å²) in [4.78, 5) is 17.3. The number of hydrogen-bond donors (Lipinski definition) is 0. The second kappa shape index (κ2) is 7.69. The number of aryl methyl sites for hydroxylation is 1. The van der Waals surface area contributed by atoms with Gasteiger partial charge in [-0.25, -0.2) is 4.98 Å². The molecular weight excluding hydrogens is 433 g/mol. The Kier molecular flexibility index (Phi) is 4.85. The standard InChI is InChI=1S/C24H15Cl2N3O2/c1-14-9-15(21-12-27-13-31-21)11-16(10-14)22-17-5-2-3-6-18(17)24(30)29(28-22)23-19(25)7-4-8-20(23)26/h2-13H,1H3. The fourth-order valence-electron chi connectivity index (χ4n) is 3.67. The van der Waals surface area contributed by atoms with Crippen LogP contribution in [0.25, 0.3) is 39.0 Å². The zero-order chi connectivity index (χ0) is 21.5. The second-order valence-electron chi connectivity index (χ2n) is 7.13. The van der Waals surface area contributed by atoms with E-state index in [1.165, 1.54) is 11.1 Å². The van der Waals surface area contributed by atoms with Crippen molar-refractivity contribution in [3.63, 3.8) is 0 Å². The Morgan fingerprint density at radius 1 is 0.903 bits per heavy atom. The van der Waals surface area contributed by atoms with Gasteiger partial charge < -0.3 is 4.42 Å². The molecule has 0 saturated heterocycles. The fraction of sp³-hybridized carbons (Fsp3) is 0.0417. The van der Waals surface area contributed by atoms with Crippen molar-refractivity contribution in [3.8, 4) is 28.3 Å². The van der Waals surface area contributed by atoms with Crippen LogP contribution in [0.3, 0.4) is 0 Å². The number of fused-ring (bicyclic) bond motifs is 1. The number of rotatable bonds is 3. The third kappa shape index (κ3) is 3.42. The Morgan fingerprint density at radius 2 is 1.61 bits per heavy atom. The molecule has 5 aromatic rings. The molecule has 0 amide bonds. The van der Waals surface area contributed by atoms with Crippen molar-refractivity contribution in [2.24, 2.45) is 0 Å². The largest absolute Gasteiger partial charge is 0.444 e. The lowest BCUT2D eigenvalue weighted by atomic mass is 9.99. The second-order valence-corrected chi connectivity index (χ2v) is 7.95. The summed E-state index contributed by atoms with van der Waals surface area (Å²) in [5.41, 5.74) is 3.41. The van der Waals surface area contributed by atoms with Crippen molar-refractivity contribution in [2.75, 3.05) is 0 Å². The van der Waals surface area contributed by atoms with E-state index in [9.17, 15) is 4.79 Å². The summed E-state index contributed by atoms with van der Waals surface area (Å²) in [7, 11) is 0. The van der Waals surface area contributed by atoms with Crippen LogP contribution in [0.2, 0.25) is 10.0 Å². The molecule has 0 unspecified atom stereocenters. The maximum absolute atomic E-state index is 13.3. The smallest absolute Gasteiger partial charge is 0.279 e. The first kappa shape index (κ1) is 19.5. The van der Waals surface area contributed by atoms with Crippen LogP contribution in [0, 0.1) is 6.92 Å². The van der Waals surface area contributed by atoms with E-state index in [0.717, 1.165) is 22.1 Å². The minimum Gasteiger partial charge on any atom is -0.444 e. The zero-order valence-corrected chi connectivity index (χ0v) is 17.9. The van der Waals surface area contributed by atoms with Crippen molar-refractivity contribution >= 4 is 34.0 Å². The van der Waals surface area contributed by atoms with Gasteiger partial charge in [0.05, 0.1) is 27.3 Å². The molecule has 0 aliphatic carbocycles. The van der Waals surface area contributed by atoms with Crippen molar-refractivity contribution in [1.29, 1.82) is 0 Å². The van der Waals surface area contributed by atoms with Gasteiger partial charge in [-0.15, -0.1) is 0 Å². The van der Waals surface area contributed by atoms with Crippen LogP contribution in [0.1, 0.15) is 5.56 Å². The Morgan fingerprint density at radius 3 is 2.32 bits per heavy atom. The van der Waals surface area contributed by atoms with E-state index in [4.69, 9.17) is 32.7 Å². The third-order valence-corrected chi connectivity index (χ3v) is 5.63. The van der Waals surface area contributed by atoms with Gasteiger partial charge in [-0.3, -0.25) is 4.79 Å². The minimum absolute atomic E-state index is 0.294. The predicted molar refractivity (Wildman–Crippen MR) is 123 cm³/mol. The van der Waals surface area contributed by atoms with Crippen molar-refractivity contribution in [3.05, 3.63) is 99.2 Å². The van der Waals surface area contributed by atoms with E-state index < -0.39 is 0 Å². The summed E-state index contributed by atoms with van der Waals surface area (Å²) in [5.74, 6) is 0.650. The van der Waals surface area contributed by atoms with Crippen molar-refractivity contribution in [2.45, 2.75) is 6.92 Å². The van der Waals surface area contributed by atoms with Gasteiger partial charge in [0.1, 0.15) is 5.69 Å². The predicted octanol–water partition coefficient (Wildman–Crippen LogP) is 6.32. The molecule has 7 heteroatoms. The molecule has 0 bridgehead atoms. The van der Waals surface area contributed by atoms with Crippen LogP contribution >= 0.6 is 23.2 Å². The van der Waals surface area contributed by atoms with Crippen LogP contribution in [0.15, 0.2) is 82.5 Å². The molecule has 0 saturated carbocycles. The highest BCUT2D eigenvalue weighted by Gasteiger charge is 2.18. The van der Waals surface area contributed by atoms with E-state index in [-0.39, 0.29) is 5.56 Å². The summed E-state index contributed by atoms with van der Waals surface area (Å²) in [6.07, 6.45) is 3.05. The summed E-state index contributed by atoms with van der Waals surface area (Å²) < 4.78 is 6.75. The molecule has 5 nitrogen and oxygen atoms in total. The molecule has 5 rings (SSSR count). The van der Waals surface area contributed by atoms with Gasteiger partial charge in [0, 0.05) is 16.5 Å². The monoisotopic (exact) mass is 447 g/mol. The number of halogens is 2. The molecule has 2 heterocycles. The normalized spacial score (nSPS) is 11.2. The first-order valence-electron chi connectivity index (χ1n) is 9.50. The summed E-state index contributed by atoms with van der Waals surface area (Å²) >= 11 is 12.8. The molecule has 0 atom stereocenters. The van der Waals surface area contributed by atoms with E-state index >= 15 is 0 Å². The average Bonchev–Trinajstić information content (AvgIpc) is 3.30. The van der Waals surface area contributed by atoms with Gasteiger partial charge in [0.25, 0.3) is 5.56 Å². The SMILES string of the molecule is Cc1cc(-c2cnco2)cc(-c2nn(-c3c(Cl)cccc3Cl)c(=O)c3ccccc23)c1. The quantitative estimate of drug-likeness (QED) is 0.324. The van der Waals surface area contributed by atoms with Crippen LogP contribution < -0.4 is 5.56 Å². The number of hydrogen-bond acceptors (Lipinski definition) is 4. The molecule has 3 aromatic carbocycles.